The number of nitrogens with one attached hydrogen (secondary N) is 2. The van der Waals surface area contributed by atoms with Crippen LogP contribution in [0.5, 0.6) is 0 Å². The number of hydrogen-bond acceptors (Lipinski definition) is 2. The summed E-state index contributed by atoms with van der Waals surface area (Å²) in [5.41, 5.74) is 24.3. The summed E-state index contributed by atoms with van der Waals surface area (Å²) in [6.07, 6.45) is 0. The lowest BCUT2D eigenvalue weighted by atomic mass is 10.1. The van der Waals surface area contributed by atoms with Crippen LogP contribution < -0.4 is 5.32 Å². The predicted octanol–water partition coefficient (Wildman–Crippen LogP) is 29.5. The maximum Gasteiger partial charge on any atom is 0.300 e. The largest absolute Gasteiger partial charge is 0.481 e. The Kier molecular flexibility index (Phi) is 21.5. The van der Waals surface area contributed by atoms with Gasteiger partial charge in [0.05, 0.1) is 55.2 Å². The van der Waals surface area contributed by atoms with E-state index < -0.39 is 5.97 Å². The van der Waals surface area contributed by atoms with Gasteiger partial charge in [-0.3, -0.25) is 4.79 Å². The van der Waals surface area contributed by atoms with Gasteiger partial charge in [-0.05, 0) is 275 Å². The smallest absolute Gasteiger partial charge is 0.300 e. The number of aromatic nitrogens is 6. The lowest BCUT2D eigenvalue weighted by molar-refractivity contribution is -0.134. The second-order valence-corrected chi connectivity index (χ2v) is 32.5. The summed E-state index contributed by atoms with van der Waals surface area (Å²) in [4.78, 5) is 12.4. The Labute approximate surface area is 717 Å². The Morgan fingerprint density at radius 3 is 0.829 bits per heavy atom. The van der Waals surface area contributed by atoms with Crippen molar-refractivity contribution in [2.75, 3.05) is 5.32 Å². The Hall–Kier alpha value is -13.0. The van der Waals surface area contributed by atoms with Crippen molar-refractivity contribution < 1.29 is 9.90 Å². The van der Waals surface area contributed by atoms with E-state index in [1.807, 2.05) is 60.7 Å². The van der Waals surface area contributed by atoms with Crippen molar-refractivity contribution in [3.63, 3.8) is 0 Å². The highest BCUT2D eigenvalue weighted by atomic mass is 127. The zero-order valence-electron chi connectivity index (χ0n) is 63.9. The van der Waals surface area contributed by atoms with E-state index in [1.165, 1.54) is 176 Å². The highest BCUT2D eigenvalue weighted by Gasteiger charge is 2.20. The molecule has 23 aromatic rings. The minimum Gasteiger partial charge on any atom is -0.481 e. The number of halogens is 3. The van der Waals surface area contributed by atoms with Crippen LogP contribution in [0.4, 0.5) is 11.4 Å². The lowest BCUT2D eigenvalue weighted by Gasteiger charge is -2.10. The van der Waals surface area contributed by atoms with Gasteiger partial charge in [-0.1, -0.05) is 212 Å². The first kappa shape index (κ1) is 75.4. The van der Waals surface area contributed by atoms with Crippen LogP contribution in [0.2, 0.25) is 0 Å². The summed E-state index contributed by atoms with van der Waals surface area (Å²) in [5.74, 6) is -0.833. The molecule has 0 unspecified atom stereocenters. The van der Waals surface area contributed by atoms with Crippen LogP contribution in [-0.4, -0.2) is 38.9 Å². The van der Waals surface area contributed by atoms with Crippen molar-refractivity contribution in [1.82, 2.24) is 27.8 Å². The van der Waals surface area contributed by atoms with E-state index in [9.17, 15) is 0 Å². The number of aromatic amines is 1. The number of carboxylic acids is 1. The van der Waals surface area contributed by atoms with Crippen LogP contribution in [0.25, 0.3) is 159 Å². The van der Waals surface area contributed by atoms with Gasteiger partial charge >= 0.3 is 0 Å². The number of fused-ring (bicyclic) bond motifs is 18. The number of hydrogen-bond donors (Lipinski definition) is 3. The normalized spacial score (nSPS) is 11.2. The molecule has 17 aromatic carbocycles. The van der Waals surface area contributed by atoms with Crippen LogP contribution in [0.15, 0.2) is 406 Å². The summed E-state index contributed by atoms with van der Waals surface area (Å²) in [5, 5.41) is 26.2. The summed E-state index contributed by atoms with van der Waals surface area (Å²) in [6.45, 7) is 3.25. The molecule has 0 saturated carbocycles. The third-order valence-electron chi connectivity index (χ3n) is 21.3. The summed E-state index contributed by atoms with van der Waals surface area (Å²) in [7, 11) is 0. The average Bonchev–Trinajstić information content (AvgIpc) is 1.58. The van der Waals surface area contributed by atoms with E-state index in [4.69, 9.17) is 9.90 Å². The molecule has 0 bridgehead atoms. The van der Waals surface area contributed by atoms with E-state index in [-0.39, 0.29) is 0 Å². The molecule has 23 rings (SSSR count). The Morgan fingerprint density at radius 1 is 0.248 bits per heavy atom. The molecule has 9 nitrogen and oxygen atoms in total. The topological polar surface area (TPSA) is 89.8 Å². The zero-order chi connectivity index (χ0) is 79.5. The van der Waals surface area contributed by atoms with E-state index in [1.54, 1.807) is 0 Å². The van der Waals surface area contributed by atoms with Gasteiger partial charge in [-0.2, -0.15) is 0 Å². The van der Waals surface area contributed by atoms with Crippen molar-refractivity contribution in [1.29, 1.82) is 0 Å². The van der Waals surface area contributed by atoms with E-state index >= 15 is 0 Å². The van der Waals surface area contributed by atoms with Crippen molar-refractivity contribution in [2.24, 2.45) is 0 Å². The molecule has 564 valence electrons. The number of aryl methyl sites for hydroxylation is 1. The molecule has 0 radical (unpaired) electrons. The molecule has 3 N–H and O–H groups in total. The van der Waals surface area contributed by atoms with Gasteiger partial charge in [-0.25, -0.2) is 0 Å². The second-order valence-electron chi connectivity index (χ2n) is 28.8. The van der Waals surface area contributed by atoms with Crippen molar-refractivity contribution in [3.8, 4) is 28.4 Å². The number of aliphatic carboxylic acids is 1. The van der Waals surface area contributed by atoms with Crippen LogP contribution in [-0.2, 0) is 4.79 Å². The quantitative estimate of drug-likeness (QED) is 0.139. The number of rotatable bonds is 7. The fourth-order valence-corrected chi connectivity index (χ4v) is 17.8. The average molecular weight is 1850 g/mol. The number of H-pyrrole nitrogens is 1. The molecule has 117 heavy (non-hydrogen) atoms. The van der Waals surface area contributed by atoms with Crippen molar-refractivity contribution >= 4 is 216 Å². The van der Waals surface area contributed by atoms with Gasteiger partial charge < -0.3 is 38.2 Å². The summed E-state index contributed by atoms with van der Waals surface area (Å²) < 4.78 is 15.6. The zero-order valence-corrected chi connectivity index (χ0v) is 70.4. The van der Waals surface area contributed by atoms with Crippen LogP contribution >= 0.6 is 67.8 Å². The molecule has 6 aromatic heterocycles. The molecule has 0 aliphatic heterocycles. The Balaban J connectivity index is 0.000000105. The standard InChI is InChI=1S/C31H20I2N2.C30H20N2.C18H12IN.C12H9N.C12H11N.C2H4O2/c1-19-7-11-28-24(15-19)25-16-20(32)9-13-30(25)35(28)23-10-14-31-27(18-23)26-17-21(33)8-12-29(26)34(31)22-5-3-2-4-6-22;1-2-10-21(11-3-1)31-29-17-9-6-14-25(29)26-20-22(18-19-30(26)31)32-27-15-7-4-12-23(27)24-13-5-8-16-28(24)32;19-13-10-11-18-16(12-13)15-8-4-5-9-17(15)20(18)14-6-2-1-3-7-14;1-3-7-11-9(5-1)10-6-2-4-8-12(10)13-11;1-3-7-11(8-4-1)13-12-9-5-2-6-10-12;1-2(3)4/h2-18H,1H3;1-20H;1-12H;1-8,13H;1-10,13H;1H3,(H,3,4). The van der Waals surface area contributed by atoms with Gasteiger partial charge in [0.1, 0.15) is 0 Å². The SMILES string of the molecule is CC(=O)O.Cc1ccc2c(c1)c1cc(I)ccc1n2-c1ccc2c(c1)c1cc(I)ccc1n2-c1ccccc1.Ic1ccc2c(c1)c1ccccc1n2-c1ccccc1.c1ccc(-n2c3ccccc3c3cc(-n4c5ccccc5c5ccccc54)ccc32)cc1.c1ccc(Nc2ccccc2)cc1.c1ccc2c(c1)[nH]c1ccccc12. The molecular weight excluding hydrogens is 1770 g/mol. The first-order valence-corrected chi connectivity index (χ1v) is 42.0. The lowest BCUT2D eigenvalue weighted by Crippen LogP contribution is -1.95. The van der Waals surface area contributed by atoms with Gasteiger partial charge in [-0.15, -0.1) is 0 Å². The first-order valence-electron chi connectivity index (χ1n) is 38.8. The van der Waals surface area contributed by atoms with Crippen LogP contribution in [0.3, 0.4) is 0 Å². The summed E-state index contributed by atoms with van der Waals surface area (Å²) >= 11 is 7.21. The van der Waals surface area contributed by atoms with Crippen molar-refractivity contribution in [3.05, 3.63) is 423 Å². The third kappa shape index (κ3) is 15.2. The molecule has 6 heterocycles. The predicted molar refractivity (Wildman–Crippen MR) is 519 cm³/mol. The molecule has 0 amide bonds. The fraction of sp³-hybridized carbons (Fsp3) is 0.0190. The maximum absolute atomic E-state index is 9.00. The molecular formula is C105H76I3N7O2. The van der Waals surface area contributed by atoms with Crippen LogP contribution in [0.1, 0.15) is 12.5 Å². The molecule has 0 aliphatic carbocycles. The second kappa shape index (κ2) is 33.4. The van der Waals surface area contributed by atoms with Crippen molar-refractivity contribution in [2.45, 2.75) is 13.8 Å². The molecule has 0 spiro atoms. The van der Waals surface area contributed by atoms with Gasteiger partial charge in [0.15, 0.2) is 0 Å². The molecule has 0 saturated heterocycles. The number of carbonyl (C=O) groups is 1. The molecule has 0 aliphatic rings. The van der Waals surface area contributed by atoms with Gasteiger partial charge in [0.25, 0.3) is 5.97 Å². The highest BCUT2D eigenvalue weighted by molar-refractivity contribution is 14.1. The number of para-hydroxylation sites is 11. The number of nitrogens with zero attached hydrogens (tertiary/aromatic N) is 5. The van der Waals surface area contributed by atoms with E-state index in [0.717, 1.165) is 18.3 Å². The minimum absolute atomic E-state index is 0.833. The monoisotopic (exact) mass is 1850 g/mol. The fourth-order valence-electron chi connectivity index (χ4n) is 16.3. The molecule has 0 fully saturated rings. The number of anilines is 2. The Morgan fingerprint density at radius 2 is 0.479 bits per heavy atom. The van der Waals surface area contributed by atoms with Gasteiger partial charge in [0.2, 0.25) is 0 Å². The third-order valence-corrected chi connectivity index (χ3v) is 23.3. The Bertz CT molecular complexity index is 7370. The maximum atomic E-state index is 9.00. The number of benzene rings is 17. The van der Waals surface area contributed by atoms with E-state index in [0.29, 0.717) is 0 Å². The summed E-state index contributed by atoms with van der Waals surface area (Å²) in [6, 6.07) is 144. The van der Waals surface area contributed by atoms with Crippen LogP contribution in [0, 0.1) is 17.6 Å². The first-order chi connectivity index (χ1) is 57.5. The molecule has 12 heteroatoms. The number of carboxylic acid groups (broad SMARTS) is 1. The minimum atomic E-state index is -0.833. The van der Waals surface area contributed by atoms with E-state index in [2.05, 4.69) is 454 Å². The molecule has 0 atom stereocenters. The van der Waals surface area contributed by atoms with Gasteiger partial charge in [0, 0.05) is 133 Å². The highest BCUT2D eigenvalue weighted by Crippen LogP contribution is 2.41.